The molecule has 0 spiro atoms. The van der Waals surface area contributed by atoms with Gasteiger partial charge in [0.15, 0.2) is 0 Å². The van der Waals surface area contributed by atoms with Crippen LogP contribution in [0.5, 0.6) is 0 Å². The van der Waals surface area contributed by atoms with Crippen LogP contribution in [0, 0.1) is 6.92 Å². The number of rotatable bonds is 7. The van der Waals surface area contributed by atoms with E-state index in [9.17, 15) is 0 Å². The Morgan fingerprint density at radius 1 is 0.344 bits per heavy atom. The molecular weight excluding hydrogens is 747 g/mol. The Hall–Kier alpha value is -8.08. The van der Waals surface area contributed by atoms with E-state index in [1.54, 1.807) is 0 Å². The van der Waals surface area contributed by atoms with E-state index >= 15 is 0 Å². The highest BCUT2D eigenvalue weighted by atomic mass is 16.3. The van der Waals surface area contributed by atoms with Crippen LogP contribution in [0.3, 0.4) is 0 Å². The lowest BCUT2D eigenvalue weighted by molar-refractivity contribution is 0.631. The Morgan fingerprint density at radius 2 is 0.869 bits per heavy atom. The van der Waals surface area contributed by atoms with E-state index in [4.69, 9.17) is 13.3 Å². The highest BCUT2D eigenvalue weighted by Gasteiger charge is 2.24. The highest BCUT2D eigenvalue weighted by Crippen LogP contribution is 2.47. The van der Waals surface area contributed by atoms with Crippen molar-refractivity contribution in [2.75, 3.05) is 4.90 Å². The molecule has 0 fully saturated rings. The van der Waals surface area contributed by atoms with E-state index in [1.807, 2.05) is 30.3 Å². The summed E-state index contributed by atoms with van der Waals surface area (Å²) in [5.74, 6) is 0.877. The van der Waals surface area contributed by atoms with Gasteiger partial charge in [-0.2, -0.15) is 0 Å². The Balaban J connectivity index is 1.01. The average Bonchev–Trinajstić information content (AvgIpc) is 4.01. The van der Waals surface area contributed by atoms with Gasteiger partial charge in [0.05, 0.1) is 11.1 Å². The molecule has 9 aromatic carbocycles. The summed E-state index contributed by atoms with van der Waals surface area (Å²) in [4.78, 5) is 2.35. The quantitative estimate of drug-likeness (QED) is 0.161. The number of benzene rings is 9. The molecule has 4 nitrogen and oxygen atoms in total. The Kier molecular flexibility index (Phi) is 8.04. The number of hydrogen-bond acceptors (Lipinski definition) is 4. The van der Waals surface area contributed by atoms with E-state index in [-0.39, 0.29) is 0 Å². The SMILES string of the molecule is Cc1c(-c2ccccc2)oc2c1cc(-c1ccc(N(c3ccc(-c4cccc5c4oc4ccccc45)cc3)c3ccccc3-c3ccccc3)cc1)c1oc3ccccc3c12. The zero-order chi connectivity index (χ0) is 40.4. The van der Waals surface area contributed by atoms with Gasteiger partial charge in [0.25, 0.3) is 0 Å². The predicted molar refractivity (Wildman–Crippen MR) is 252 cm³/mol. The molecule has 3 heterocycles. The molecule has 0 N–H and O–H groups in total. The fourth-order valence-electron chi connectivity index (χ4n) is 9.15. The van der Waals surface area contributed by atoms with Gasteiger partial charge in [-0.15, -0.1) is 0 Å². The highest BCUT2D eigenvalue weighted by molar-refractivity contribution is 6.22. The van der Waals surface area contributed by atoms with Gasteiger partial charge >= 0.3 is 0 Å². The average molecular weight is 784 g/mol. The van der Waals surface area contributed by atoms with Crippen molar-refractivity contribution < 1.29 is 13.3 Å². The first-order valence-corrected chi connectivity index (χ1v) is 20.7. The molecule has 288 valence electrons. The monoisotopic (exact) mass is 783 g/mol. The topological polar surface area (TPSA) is 42.7 Å². The fourth-order valence-corrected chi connectivity index (χ4v) is 9.15. The first-order chi connectivity index (χ1) is 30.2. The largest absolute Gasteiger partial charge is 0.455 e. The van der Waals surface area contributed by atoms with Crippen molar-refractivity contribution in [1.29, 1.82) is 0 Å². The molecule has 0 bridgehead atoms. The predicted octanol–water partition coefficient (Wildman–Crippen LogP) is 16.7. The minimum Gasteiger partial charge on any atom is -0.455 e. The molecular formula is C57H37NO3. The zero-order valence-electron chi connectivity index (χ0n) is 33.3. The van der Waals surface area contributed by atoms with E-state index in [0.29, 0.717) is 0 Å². The summed E-state index contributed by atoms with van der Waals surface area (Å²) in [5, 5.41) is 5.36. The minimum absolute atomic E-state index is 0.816. The Bertz CT molecular complexity index is 3580. The third-order valence-corrected chi connectivity index (χ3v) is 12.1. The van der Waals surface area contributed by atoms with Crippen LogP contribution in [0.1, 0.15) is 5.56 Å². The van der Waals surface area contributed by atoms with Gasteiger partial charge in [-0.1, -0.05) is 158 Å². The van der Waals surface area contributed by atoms with Crippen molar-refractivity contribution in [3.63, 3.8) is 0 Å². The maximum atomic E-state index is 6.75. The molecule has 0 saturated carbocycles. The van der Waals surface area contributed by atoms with Crippen LogP contribution in [0.15, 0.2) is 220 Å². The van der Waals surface area contributed by atoms with Gasteiger partial charge in [0.1, 0.15) is 33.7 Å². The molecule has 0 aliphatic heterocycles. The lowest BCUT2D eigenvalue weighted by atomic mass is 9.97. The van der Waals surface area contributed by atoms with Gasteiger partial charge < -0.3 is 18.2 Å². The molecule has 3 aromatic heterocycles. The van der Waals surface area contributed by atoms with E-state index < -0.39 is 0 Å². The van der Waals surface area contributed by atoms with Crippen LogP contribution in [0.4, 0.5) is 17.1 Å². The van der Waals surface area contributed by atoms with Crippen LogP contribution >= 0.6 is 0 Å². The van der Waals surface area contributed by atoms with Gasteiger partial charge in [0.2, 0.25) is 0 Å². The molecule has 0 atom stereocenters. The first-order valence-electron chi connectivity index (χ1n) is 20.7. The molecule has 61 heavy (non-hydrogen) atoms. The van der Waals surface area contributed by atoms with Crippen LogP contribution in [0.2, 0.25) is 0 Å². The summed E-state index contributed by atoms with van der Waals surface area (Å²) >= 11 is 0. The van der Waals surface area contributed by atoms with Crippen molar-refractivity contribution in [2.24, 2.45) is 0 Å². The third-order valence-electron chi connectivity index (χ3n) is 12.1. The summed E-state index contributed by atoms with van der Waals surface area (Å²) in [5.41, 5.74) is 16.1. The van der Waals surface area contributed by atoms with Crippen LogP contribution in [-0.4, -0.2) is 0 Å². The molecule has 0 amide bonds. The first kappa shape index (κ1) is 34.9. The summed E-state index contributed by atoms with van der Waals surface area (Å²) in [7, 11) is 0. The number of anilines is 3. The lowest BCUT2D eigenvalue weighted by Crippen LogP contribution is -2.11. The maximum absolute atomic E-state index is 6.75. The molecule has 0 aliphatic rings. The number of fused-ring (bicyclic) bond motifs is 8. The minimum atomic E-state index is 0.816. The van der Waals surface area contributed by atoms with E-state index in [2.05, 4.69) is 188 Å². The van der Waals surface area contributed by atoms with E-state index in [1.165, 1.54) is 0 Å². The van der Waals surface area contributed by atoms with E-state index in [0.717, 1.165) is 122 Å². The van der Waals surface area contributed by atoms with Gasteiger partial charge in [-0.25, -0.2) is 0 Å². The van der Waals surface area contributed by atoms with Crippen molar-refractivity contribution in [2.45, 2.75) is 6.92 Å². The second kappa shape index (κ2) is 14.0. The van der Waals surface area contributed by atoms with Crippen molar-refractivity contribution in [3.8, 4) is 44.7 Å². The summed E-state index contributed by atoms with van der Waals surface area (Å²) in [6, 6.07) is 72.4. The van der Waals surface area contributed by atoms with Crippen molar-refractivity contribution in [3.05, 3.63) is 212 Å². The molecule has 0 unspecified atom stereocenters. The fraction of sp³-hybridized carbons (Fsp3) is 0.0175. The molecule has 0 saturated heterocycles. The molecule has 12 aromatic rings. The molecule has 0 aliphatic carbocycles. The number of para-hydroxylation sites is 4. The van der Waals surface area contributed by atoms with Gasteiger partial charge in [-0.05, 0) is 72.1 Å². The molecule has 12 rings (SSSR count). The Morgan fingerprint density at radius 3 is 1.59 bits per heavy atom. The van der Waals surface area contributed by atoms with Crippen LogP contribution < -0.4 is 4.90 Å². The normalized spacial score (nSPS) is 11.7. The summed E-state index contributed by atoms with van der Waals surface area (Å²) < 4.78 is 19.9. The zero-order valence-corrected chi connectivity index (χ0v) is 33.3. The Labute approximate surface area is 352 Å². The van der Waals surface area contributed by atoms with Crippen molar-refractivity contribution in [1.82, 2.24) is 0 Å². The smallest absolute Gasteiger partial charge is 0.147 e. The second-order valence-electron chi connectivity index (χ2n) is 15.6. The van der Waals surface area contributed by atoms with Gasteiger partial charge in [-0.3, -0.25) is 0 Å². The lowest BCUT2D eigenvalue weighted by Gasteiger charge is -2.28. The second-order valence-corrected chi connectivity index (χ2v) is 15.6. The van der Waals surface area contributed by atoms with Crippen LogP contribution in [0.25, 0.3) is 99.6 Å². The van der Waals surface area contributed by atoms with Crippen LogP contribution in [-0.2, 0) is 0 Å². The summed E-state index contributed by atoms with van der Waals surface area (Å²) in [6.45, 7) is 2.15. The molecule has 4 heteroatoms. The third kappa shape index (κ3) is 5.68. The van der Waals surface area contributed by atoms with Crippen molar-refractivity contribution >= 4 is 71.9 Å². The maximum Gasteiger partial charge on any atom is 0.147 e. The standard InChI is InChI=1S/C57H37NO3/c1-36-48-35-49(57-53(47-21-10-13-26-52(47)60-57)56(48)61-54(36)40-17-6-3-7-18-40)39-29-33-42(34-30-39)58(50-24-11-8-19-43(50)37-15-4-2-5-16-37)41-31-27-38(28-32-41)44-22-14-23-46-45-20-9-12-25-51(45)59-55(44)46/h2-35H,1H3. The van der Waals surface area contributed by atoms with Gasteiger partial charge in [0, 0.05) is 60.7 Å². The number of hydrogen-bond donors (Lipinski definition) is 0. The molecule has 0 radical (unpaired) electrons. The number of nitrogens with zero attached hydrogens (tertiary/aromatic N) is 1. The number of aryl methyl sites for hydroxylation is 1. The number of furan rings is 3. The summed E-state index contributed by atoms with van der Waals surface area (Å²) in [6.07, 6.45) is 0.